The molecule has 1 saturated heterocycles. The van der Waals surface area contributed by atoms with Crippen LogP contribution in [0.4, 0.5) is 0 Å². The molecule has 0 saturated carbocycles. The standard InChI is InChI=1S/C11H18N4O.ClH/c1-2-10-5-3-4-6-15(10)11(16)7-14-9-12-8-13-14;/h8-10H,2-7H2,1H3;1H. The first-order valence-electron chi connectivity index (χ1n) is 5.93. The lowest BCUT2D eigenvalue weighted by Crippen LogP contribution is -2.44. The number of piperidine rings is 1. The van der Waals surface area contributed by atoms with Crippen LogP contribution < -0.4 is 0 Å². The number of likely N-dealkylation sites (tertiary alicyclic amines) is 1. The van der Waals surface area contributed by atoms with Gasteiger partial charge in [-0.1, -0.05) is 6.92 Å². The largest absolute Gasteiger partial charge is 0.338 e. The summed E-state index contributed by atoms with van der Waals surface area (Å²) >= 11 is 0. The summed E-state index contributed by atoms with van der Waals surface area (Å²) in [6.07, 6.45) is 7.59. The van der Waals surface area contributed by atoms with E-state index in [-0.39, 0.29) is 18.3 Å². The molecule has 1 aromatic rings. The number of halogens is 1. The molecular weight excluding hydrogens is 240 g/mol. The van der Waals surface area contributed by atoms with Crippen LogP contribution >= 0.6 is 12.4 Å². The molecular formula is C11H19ClN4O. The number of rotatable bonds is 3. The highest BCUT2D eigenvalue weighted by atomic mass is 35.5. The summed E-state index contributed by atoms with van der Waals surface area (Å²) < 4.78 is 1.59. The molecule has 0 spiro atoms. The van der Waals surface area contributed by atoms with Crippen molar-refractivity contribution in [2.75, 3.05) is 6.54 Å². The summed E-state index contributed by atoms with van der Waals surface area (Å²) in [5.41, 5.74) is 0. The zero-order chi connectivity index (χ0) is 11.4. The van der Waals surface area contributed by atoms with Gasteiger partial charge < -0.3 is 4.90 Å². The summed E-state index contributed by atoms with van der Waals surface area (Å²) in [7, 11) is 0. The molecule has 1 aliphatic heterocycles. The van der Waals surface area contributed by atoms with Crippen LogP contribution in [-0.2, 0) is 11.3 Å². The third-order valence-corrected chi connectivity index (χ3v) is 3.18. The lowest BCUT2D eigenvalue weighted by atomic mass is 10.00. The van der Waals surface area contributed by atoms with E-state index in [1.54, 1.807) is 11.0 Å². The number of carbonyl (C=O) groups is 1. The topological polar surface area (TPSA) is 51.0 Å². The molecule has 17 heavy (non-hydrogen) atoms. The van der Waals surface area contributed by atoms with Gasteiger partial charge in [-0.15, -0.1) is 12.4 Å². The fourth-order valence-corrected chi connectivity index (χ4v) is 2.30. The summed E-state index contributed by atoms with van der Waals surface area (Å²) in [5.74, 6) is 0.164. The van der Waals surface area contributed by atoms with E-state index in [0.29, 0.717) is 12.6 Å². The van der Waals surface area contributed by atoms with Crippen molar-refractivity contribution in [3.8, 4) is 0 Å². The first-order chi connectivity index (χ1) is 7.81. The number of hydrogen-bond donors (Lipinski definition) is 0. The zero-order valence-corrected chi connectivity index (χ0v) is 10.9. The van der Waals surface area contributed by atoms with Gasteiger partial charge in [-0.2, -0.15) is 5.10 Å². The first kappa shape index (κ1) is 14.0. The Balaban J connectivity index is 0.00000144. The number of amides is 1. The molecule has 0 radical (unpaired) electrons. The van der Waals surface area contributed by atoms with Crippen molar-refractivity contribution >= 4 is 18.3 Å². The lowest BCUT2D eigenvalue weighted by Gasteiger charge is -2.35. The van der Waals surface area contributed by atoms with Gasteiger partial charge in [0.15, 0.2) is 0 Å². The molecule has 1 aliphatic rings. The van der Waals surface area contributed by atoms with E-state index in [1.807, 2.05) is 4.90 Å². The highest BCUT2D eigenvalue weighted by molar-refractivity contribution is 5.85. The molecule has 0 bridgehead atoms. The fraction of sp³-hybridized carbons (Fsp3) is 0.727. The van der Waals surface area contributed by atoms with Gasteiger partial charge >= 0.3 is 0 Å². The van der Waals surface area contributed by atoms with E-state index in [0.717, 1.165) is 25.8 Å². The van der Waals surface area contributed by atoms with Crippen molar-refractivity contribution in [1.82, 2.24) is 19.7 Å². The smallest absolute Gasteiger partial charge is 0.244 e. The fourth-order valence-electron chi connectivity index (χ4n) is 2.30. The van der Waals surface area contributed by atoms with E-state index in [1.165, 1.54) is 12.7 Å². The minimum Gasteiger partial charge on any atom is -0.338 e. The van der Waals surface area contributed by atoms with Gasteiger partial charge in [0.1, 0.15) is 19.2 Å². The van der Waals surface area contributed by atoms with Crippen LogP contribution in [0, 0.1) is 0 Å². The second-order valence-electron chi connectivity index (χ2n) is 4.24. The van der Waals surface area contributed by atoms with Crippen LogP contribution in [0.3, 0.4) is 0 Å². The minimum absolute atomic E-state index is 0. The van der Waals surface area contributed by atoms with E-state index in [2.05, 4.69) is 17.0 Å². The number of aromatic nitrogens is 3. The minimum atomic E-state index is 0. The van der Waals surface area contributed by atoms with Crippen molar-refractivity contribution in [3.63, 3.8) is 0 Å². The Morgan fingerprint density at radius 3 is 2.94 bits per heavy atom. The summed E-state index contributed by atoms with van der Waals surface area (Å²) in [5, 5.41) is 3.96. The van der Waals surface area contributed by atoms with Crippen LogP contribution in [0.1, 0.15) is 32.6 Å². The van der Waals surface area contributed by atoms with Gasteiger partial charge in [0.25, 0.3) is 0 Å². The Morgan fingerprint density at radius 1 is 1.47 bits per heavy atom. The second-order valence-corrected chi connectivity index (χ2v) is 4.24. The van der Waals surface area contributed by atoms with E-state index in [9.17, 15) is 4.79 Å². The molecule has 1 aromatic heterocycles. The van der Waals surface area contributed by atoms with Crippen molar-refractivity contribution in [3.05, 3.63) is 12.7 Å². The quantitative estimate of drug-likeness (QED) is 0.826. The Morgan fingerprint density at radius 2 is 2.29 bits per heavy atom. The molecule has 6 heteroatoms. The van der Waals surface area contributed by atoms with Crippen molar-refractivity contribution in [1.29, 1.82) is 0 Å². The maximum atomic E-state index is 12.1. The monoisotopic (exact) mass is 258 g/mol. The van der Waals surface area contributed by atoms with Gasteiger partial charge in [0, 0.05) is 12.6 Å². The summed E-state index contributed by atoms with van der Waals surface area (Å²) in [6, 6.07) is 0.421. The number of hydrogen-bond acceptors (Lipinski definition) is 3. The molecule has 0 N–H and O–H groups in total. The van der Waals surface area contributed by atoms with Crippen LogP contribution in [0.25, 0.3) is 0 Å². The lowest BCUT2D eigenvalue weighted by molar-refractivity contribution is -0.135. The normalized spacial score (nSPS) is 19.8. The molecule has 1 amide bonds. The molecule has 2 rings (SSSR count). The van der Waals surface area contributed by atoms with Crippen molar-refractivity contribution < 1.29 is 4.79 Å². The zero-order valence-electron chi connectivity index (χ0n) is 10.1. The second kappa shape index (κ2) is 6.59. The van der Waals surface area contributed by atoms with Crippen LogP contribution in [0.5, 0.6) is 0 Å². The molecule has 0 aromatic carbocycles. The van der Waals surface area contributed by atoms with Crippen molar-refractivity contribution in [2.45, 2.75) is 45.2 Å². The Labute approximate surface area is 108 Å². The third-order valence-electron chi connectivity index (χ3n) is 3.18. The van der Waals surface area contributed by atoms with Crippen LogP contribution in [0.15, 0.2) is 12.7 Å². The van der Waals surface area contributed by atoms with E-state index < -0.39 is 0 Å². The van der Waals surface area contributed by atoms with Gasteiger partial charge in [-0.3, -0.25) is 4.79 Å². The van der Waals surface area contributed by atoms with Crippen molar-refractivity contribution in [2.24, 2.45) is 0 Å². The Bertz CT molecular complexity index is 341. The molecule has 5 nitrogen and oxygen atoms in total. The Hall–Kier alpha value is -1.10. The SMILES string of the molecule is CCC1CCCCN1C(=O)Cn1cncn1.Cl. The highest BCUT2D eigenvalue weighted by Gasteiger charge is 2.25. The van der Waals surface area contributed by atoms with Gasteiger partial charge in [0.05, 0.1) is 0 Å². The summed E-state index contributed by atoms with van der Waals surface area (Å²) in [4.78, 5) is 17.9. The Kier molecular flexibility index (Phi) is 5.41. The van der Waals surface area contributed by atoms with E-state index in [4.69, 9.17) is 0 Å². The van der Waals surface area contributed by atoms with Gasteiger partial charge in [-0.05, 0) is 25.7 Å². The molecule has 2 heterocycles. The molecule has 1 unspecified atom stereocenters. The molecule has 1 fully saturated rings. The highest BCUT2D eigenvalue weighted by Crippen LogP contribution is 2.19. The molecule has 1 atom stereocenters. The average Bonchev–Trinajstić information content (AvgIpc) is 2.81. The first-order valence-corrected chi connectivity index (χ1v) is 5.93. The maximum absolute atomic E-state index is 12.1. The number of nitrogens with zero attached hydrogens (tertiary/aromatic N) is 4. The molecule has 0 aliphatic carbocycles. The summed E-state index contributed by atoms with van der Waals surface area (Å²) in [6.45, 7) is 3.36. The van der Waals surface area contributed by atoms with Crippen LogP contribution in [-0.4, -0.2) is 38.2 Å². The maximum Gasteiger partial charge on any atom is 0.244 e. The predicted octanol–water partition coefficient (Wildman–Crippen LogP) is 1.49. The van der Waals surface area contributed by atoms with Crippen LogP contribution in [0.2, 0.25) is 0 Å². The average molecular weight is 259 g/mol. The van der Waals surface area contributed by atoms with E-state index >= 15 is 0 Å². The van der Waals surface area contributed by atoms with Gasteiger partial charge in [-0.25, -0.2) is 9.67 Å². The van der Waals surface area contributed by atoms with Gasteiger partial charge in [0.2, 0.25) is 5.91 Å². The molecule has 96 valence electrons. The number of carbonyl (C=O) groups excluding carboxylic acids is 1. The third kappa shape index (κ3) is 3.43. The predicted molar refractivity (Wildman–Crippen MR) is 66.9 cm³/mol.